The van der Waals surface area contributed by atoms with Gasteiger partial charge in [-0.25, -0.2) is 0 Å². The molecule has 0 saturated heterocycles. The second-order valence-corrected chi connectivity index (χ2v) is 6.53. The minimum atomic E-state index is 0.0842. The number of hydrogen-bond donors (Lipinski definition) is 1. The van der Waals surface area contributed by atoms with Crippen molar-refractivity contribution in [2.75, 3.05) is 7.11 Å². The summed E-state index contributed by atoms with van der Waals surface area (Å²) in [5.41, 5.74) is 2.22. The van der Waals surface area contributed by atoms with E-state index in [1.54, 1.807) is 7.11 Å². The molecule has 0 unspecified atom stereocenters. The number of methoxy groups -OCH3 is 1. The van der Waals surface area contributed by atoms with Crippen molar-refractivity contribution in [2.45, 2.75) is 38.1 Å². The fourth-order valence-corrected chi connectivity index (χ4v) is 3.58. The number of carbonyl (C=O) groups excluding carboxylic acids is 1. The van der Waals surface area contributed by atoms with Crippen LogP contribution in [0.15, 0.2) is 54.6 Å². The van der Waals surface area contributed by atoms with Gasteiger partial charge >= 0.3 is 0 Å². The van der Waals surface area contributed by atoms with Crippen molar-refractivity contribution in [2.24, 2.45) is 5.92 Å². The van der Waals surface area contributed by atoms with E-state index >= 15 is 0 Å². The van der Waals surface area contributed by atoms with Crippen molar-refractivity contribution in [1.29, 1.82) is 0 Å². The van der Waals surface area contributed by atoms with Crippen LogP contribution in [0.25, 0.3) is 0 Å². The van der Waals surface area contributed by atoms with Crippen LogP contribution in [0, 0.1) is 5.92 Å². The molecule has 1 aliphatic rings. The largest absolute Gasteiger partial charge is 0.497 e. The van der Waals surface area contributed by atoms with Crippen LogP contribution in [0.5, 0.6) is 5.75 Å². The zero-order valence-corrected chi connectivity index (χ0v) is 14.2. The maximum absolute atomic E-state index is 12.6. The summed E-state index contributed by atoms with van der Waals surface area (Å²) in [6.07, 6.45) is 5.33. The van der Waals surface area contributed by atoms with Crippen molar-refractivity contribution in [3.63, 3.8) is 0 Å². The molecule has 126 valence electrons. The van der Waals surface area contributed by atoms with Crippen molar-refractivity contribution < 1.29 is 9.53 Å². The number of hydrogen-bond acceptors (Lipinski definition) is 2. The summed E-state index contributed by atoms with van der Waals surface area (Å²) < 4.78 is 5.16. The van der Waals surface area contributed by atoms with E-state index in [-0.39, 0.29) is 11.9 Å². The second-order valence-electron chi connectivity index (χ2n) is 6.53. The van der Waals surface area contributed by atoms with Crippen LogP contribution in [-0.2, 0) is 11.2 Å². The number of ether oxygens (including phenoxy) is 1. The number of rotatable bonds is 6. The highest BCUT2D eigenvalue weighted by Gasteiger charge is 2.27. The number of amides is 1. The molecule has 0 heterocycles. The summed E-state index contributed by atoms with van der Waals surface area (Å²) in [5.74, 6) is 1.44. The Balaban J connectivity index is 1.68. The topological polar surface area (TPSA) is 38.3 Å². The second kappa shape index (κ2) is 8.00. The van der Waals surface area contributed by atoms with Gasteiger partial charge in [-0.15, -0.1) is 0 Å². The van der Waals surface area contributed by atoms with E-state index in [1.807, 2.05) is 42.5 Å². The molecular formula is C21H25NO2. The number of nitrogens with one attached hydrogen (secondary N) is 1. The van der Waals surface area contributed by atoms with Crippen molar-refractivity contribution in [3.05, 3.63) is 65.7 Å². The van der Waals surface area contributed by atoms with E-state index in [0.29, 0.717) is 12.3 Å². The van der Waals surface area contributed by atoms with E-state index < -0.39 is 0 Å². The molecule has 2 aromatic rings. The quantitative estimate of drug-likeness (QED) is 0.861. The predicted molar refractivity (Wildman–Crippen MR) is 96.0 cm³/mol. The van der Waals surface area contributed by atoms with Crippen molar-refractivity contribution in [1.82, 2.24) is 5.32 Å². The average molecular weight is 323 g/mol. The first kappa shape index (κ1) is 16.6. The summed E-state index contributed by atoms with van der Waals surface area (Å²) in [6, 6.07) is 18.2. The van der Waals surface area contributed by atoms with Crippen molar-refractivity contribution in [3.8, 4) is 5.75 Å². The summed E-state index contributed by atoms with van der Waals surface area (Å²) >= 11 is 0. The molecule has 0 spiro atoms. The molecule has 0 bridgehead atoms. The van der Waals surface area contributed by atoms with Gasteiger partial charge < -0.3 is 10.1 Å². The van der Waals surface area contributed by atoms with Gasteiger partial charge in [-0.2, -0.15) is 0 Å². The molecule has 3 rings (SSSR count). The van der Waals surface area contributed by atoms with Gasteiger partial charge in [-0.05, 0) is 42.0 Å². The van der Waals surface area contributed by atoms with Crippen molar-refractivity contribution >= 4 is 5.91 Å². The molecule has 0 radical (unpaired) electrons. The van der Waals surface area contributed by atoms with E-state index in [1.165, 1.54) is 31.2 Å². The summed E-state index contributed by atoms with van der Waals surface area (Å²) in [6.45, 7) is 0. The third-order valence-corrected chi connectivity index (χ3v) is 4.87. The lowest BCUT2D eigenvalue weighted by atomic mass is 9.91. The van der Waals surface area contributed by atoms with E-state index in [0.717, 1.165) is 11.3 Å². The average Bonchev–Trinajstić information content (AvgIpc) is 3.15. The lowest BCUT2D eigenvalue weighted by molar-refractivity contribution is -0.121. The molecule has 1 atom stereocenters. The SMILES string of the molecule is COc1ccc(CC(=O)N[C@H](c2ccccc2)C2CCCC2)cc1. The van der Waals surface area contributed by atoms with Crippen LogP contribution in [-0.4, -0.2) is 13.0 Å². The predicted octanol–water partition coefficient (Wildman–Crippen LogP) is 4.29. The standard InChI is InChI=1S/C21H25NO2/c1-24-19-13-11-16(12-14-19)15-20(23)22-21(18-9-5-6-10-18)17-7-3-2-4-8-17/h2-4,7-8,11-14,18,21H,5-6,9-10,15H2,1H3,(H,22,23)/t21-/m1/s1. The van der Waals surface area contributed by atoms with Gasteiger partial charge in [0.05, 0.1) is 19.6 Å². The van der Waals surface area contributed by atoms with Crippen LogP contribution in [0.3, 0.4) is 0 Å². The molecule has 3 heteroatoms. The molecule has 2 aromatic carbocycles. The zero-order valence-electron chi connectivity index (χ0n) is 14.2. The van der Waals surface area contributed by atoms with Gasteiger partial charge in [0, 0.05) is 0 Å². The number of benzene rings is 2. The molecule has 0 aliphatic heterocycles. The third kappa shape index (κ3) is 4.16. The Labute approximate surface area is 144 Å². The van der Waals surface area contributed by atoms with Crippen LogP contribution in [0.1, 0.15) is 42.9 Å². The Morgan fingerprint density at radius 1 is 1.08 bits per heavy atom. The van der Waals surface area contributed by atoms with Gasteiger partial charge in [0.15, 0.2) is 0 Å². The van der Waals surface area contributed by atoms with Gasteiger partial charge in [-0.1, -0.05) is 55.3 Å². The number of carbonyl (C=O) groups is 1. The minimum Gasteiger partial charge on any atom is -0.497 e. The molecule has 1 saturated carbocycles. The van der Waals surface area contributed by atoms with Gasteiger partial charge in [0.2, 0.25) is 5.91 Å². The summed E-state index contributed by atoms with van der Waals surface area (Å²) in [7, 11) is 1.65. The molecule has 1 amide bonds. The van der Waals surface area contributed by atoms with E-state index in [9.17, 15) is 4.79 Å². The Kier molecular flexibility index (Phi) is 5.52. The fraction of sp³-hybridized carbons (Fsp3) is 0.381. The highest BCUT2D eigenvalue weighted by atomic mass is 16.5. The highest BCUT2D eigenvalue weighted by Crippen LogP contribution is 2.35. The summed E-state index contributed by atoms with van der Waals surface area (Å²) in [4.78, 5) is 12.6. The van der Waals surface area contributed by atoms with Gasteiger partial charge in [-0.3, -0.25) is 4.79 Å². The monoisotopic (exact) mass is 323 g/mol. The van der Waals surface area contributed by atoms with Gasteiger partial charge in [0.25, 0.3) is 0 Å². The maximum Gasteiger partial charge on any atom is 0.224 e. The highest BCUT2D eigenvalue weighted by molar-refractivity contribution is 5.79. The molecule has 1 N–H and O–H groups in total. The van der Waals surface area contributed by atoms with Crippen LogP contribution in [0.4, 0.5) is 0 Å². The molecular weight excluding hydrogens is 298 g/mol. The van der Waals surface area contributed by atoms with Crippen LogP contribution < -0.4 is 10.1 Å². The van der Waals surface area contributed by atoms with Crippen LogP contribution >= 0.6 is 0 Å². The Morgan fingerprint density at radius 2 is 1.75 bits per heavy atom. The Bertz CT molecular complexity index is 645. The van der Waals surface area contributed by atoms with E-state index in [2.05, 4.69) is 17.4 Å². The maximum atomic E-state index is 12.6. The molecule has 24 heavy (non-hydrogen) atoms. The lowest BCUT2D eigenvalue weighted by Gasteiger charge is -2.25. The normalized spacial score (nSPS) is 15.9. The third-order valence-electron chi connectivity index (χ3n) is 4.87. The zero-order chi connectivity index (χ0) is 16.8. The summed E-state index contributed by atoms with van der Waals surface area (Å²) in [5, 5.41) is 3.28. The van der Waals surface area contributed by atoms with E-state index in [4.69, 9.17) is 4.74 Å². The molecule has 1 aliphatic carbocycles. The Hall–Kier alpha value is -2.29. The molecule has 3 nitrogen and oxygen atoms in total. The first-order valence-corrected chi connectivity index (χ1v) is 8.73. The Morgan fingerprint density at radius 3 is 2.38 bits per heavy atom. The fourth-order valence-electron chi connectivity index (χ4n) is 3.58. The smallest absolute Gasteiger partial charge is 0.224 e. The van der Waals surface area contributed by atoms with Crippen LogP contribution in [0.2, 0.25) is 0 Å². The first-order valence-electron chi connectivity index (χ1n) is 8.73. The molecule has 0 aromatic heterocycles. The van der Waals surface area contributed by atoms with Gasteiger partial charge in [0.1, 0.15) is 5.75 Å². The molecule has 1 fully saturated rings. The first-order chi connectivity index (χ1) is 11.8. The lowest BCUT2D eigenvalue weighted by Crippen LogP contribution is -2.33. The minimum absolute atomic E-state index is 0.0842.